The highest BCUT2D eigenvalue weighted by Gasteiger charge is 2.16. The first-order valence-electron chi connectivity index (χ1n) is 5.19. The van der Waals surface area contributed by atoms with Crippen LogP contribution in [0.4, 0.5) is 0 Å². The molecule has 2 atom stereocenters. The minimum Gasteiger partial charge on any atom is -0.260 e. The van der Waals surface area contributed by atoms with Crippen molar-refractivity contribution in [3.63, 3.8) is 0 Å². The second-order valence-electron chi connectivity index (χ2n) is 3.80. The summed E-state index contributed by atoms with van der Waals surface area (Å²) >= 11 is 0. The maximum atomic E-state index is 11.9. The Balaban J connectivity index is 2.87. The molecule has 0 spiro atoms. The average Bonchev–Trinajstić information content (AvgIpc) is 2.36. The summed E-state index contributed by atoms with van der Waals surface area (Å²) < 4.78 is 37.3. The molecule has 0 amide bonds. The lowest BCUT2D eigenvalue weighted by molar-refractivity contribution is 0.580. The first kappa shape index (κ1) is 14.8. The normalized spacial score (nSPS) is 14.7. The standard InChI is InChI=1S/C11H14N2O3S2/c1-9(17(2)14)8-13-18(15,16)11-5-3-4-10(6-11)7-12/h3-6,9,13H,8H2,1-2H3. The van der Waals surface area contributed by atoms with Gasteiger partial charge in [-0.3, -0.25) is 4.21 Å². The Morgan fingerprint density at radius 3 is 2.72 bits per heavy atom. The van der Waals surface area contributed by atoms with Gasteiger partial charge in [0, 0.05) is 28.9 Å². The highest BCUT2D eigenvalue weighted by atomic mass is 32.2. The summed E-state index contributed by atoms with van der Waals surface area (Å²) in [6.45, 7) is 1.80. The molecule has 0 aliphatic carbocycles. The fourth-order valence-corrected chi connectivity index (χ4v) is 2.76. The van der Waals surface area contributed by atoms with Gasteiger partial charge in [0.1, 0.15) is 0 Å². The van der Waals surface area contributed by atoms with Gasteiger partial charge in [-0.25, -0.2) is 13.1 Å². The number of hydrogen-bond acceptors (Lipinski definition) is 4. The topological polar surface area (TPSA) is 87.0 Å². The largest absolute Gasteiger partial charge is 0.260 e. The zero-order chi connectivity index (χ0) is 13.8. The Hall–Kier alpha value is -1.23. The van der Waals surface area contributed by atoms with Crippen molar-refractivity contribution >= 4 is 20.8 Å². The minimum absolute atomic E-state index is 0.0376. The van der Waals surface area contributed by atoms with E-state index in [0.29, 0.717) is 0 Å². The van der Waals surface area contributed by atoms with E-state index >= 15 is 0 Å². The Kier molecular flexibility index (Phi) is 5.02. The minimum atomic E-state index is -3.66. The number of nitrogens with one attached hydrogen (secondary N) is 1. The zero-order valence-electron chi connectivity index (χ0n) is 10.1. The summed E-state index contributed by atoms with van der Waals surface area (Å²) in [6.07, 6.45) is 1.52. The van der Waals surface area contributed by atoms with E-state index in [1.165, 1.54) is 30.5 Å². The second kappa shape index (κ2) is 6.09. The summed E-state index contributed by atoms with van der Waals surface area (Å²) in [5, 5.41) is 8.45. The van der Waals surface area contributed by atoms with Crippen LogP contribution >= 0.6 is 0 Å². The fraction of sp³-hybridized carbons (Fsp3) is 0.364. The summed E-state index contributed by atoms with van der Waals surface area (Å²) in [5.41, 5.74) is 0.282. The molecular weight excluding hydrogens is 272 g/mol. The van der Waals surface area contributed by atoms with Crippen LogP contribution in [0.25, 0.3) is 0 Å². The van der Waals surface area contributed by atoms with E-state index < -0.39 is 20.8 Å². The van der Waals surface area contributed by atoms with Gasteiger partial charge in [0.05, 0.1) is 16.5 Å². The number of sulfonamides is 1. The Labute approximate surface area is 109 Å². The molecule has 7 heteroatoms. The molecule has 0 radical (unpaired) electrons. The van der Waals surface area contributed by atoms with Crippen molar-refractivity contribution in [1.82, 2.24) is 4.72 Å². The van der Waals surface area contributed by atoms with Crippen molar-refractivity contribution in [2.24, 2.45) is 0 Å². The lowest BCUT2D eigenvalue weighted by atomic mass is 10.2. The van der Waals surface area contributed by atoms with Gasteiger partial charge in [-0.1, -0.05) is 6.07 Å². The number of benzene rings is 1. The predicted molar refractivity (Wildman–Crippen MR) is 69.9 cm³/mol. The van der Waals surface area contributed by atoms with Gasteiger partial charge in [-0.15, -0.1) is 0 Å². The van der Waals surface area contributed by atoms with Crippen LogP contribution in [0.1, 0.15) is 12.5 Å². The third kappa shape index (κ3) is 3.91. The quantitative estimate of drug-likeness (QED) is 0.859. The predicted octanol–water partition coefficient (Wildman–Crippen LogP) is 0.604. The Morgan fingerprint density at radius 2 is 2.17 bits per heavy atom. The molecule has 1 N–H and O–H groups in total. The lowest BCUT2D eigenvalue weighted by Gasteiger charge is -2.10. The first-order chi connectivity index (χ1) is 8.36. The summed E-state index contributed by atoms with van der Waals surface area (Å²) in [7, 11) is -4.74. The van der Waals surface area contributed by atoms with Crippen LogP contribution in [-0.2, 0) is 20.8 Å². The van der Waals surface area contributed by atoms with Crippen molar-refractivity contribution in [3.8, 4) is 6.07 Å². The highest BCUT2D eigenvalue weighted by molar-refractivity contribution is 7.89. The molecule has 0 aliphatic rings. The molecule has 98 valence electrons. The van der Waals surface area contributed by atoms with Gasteiger partial charge in [0.2, 0.25) is 10.0 Å². The van der Waals surface area contributed by atoms with E-state index in [-0.39, 0.29) is 22.3 Å². The van der Waals surface area contributed by atoms with Crippen LogP contribution in [0.15, 0.2) is 29.2 Å². The van der Waals surface area contributed by atoms with Crippen molar-refractivity contribution in [2.75, 3.05) is 12.8 Å². The Bertz CT molecular complexity index is 591. The van der Waals surface area contributed by atoms with Crippen LogP contribution in [0.5, 0.6) is 0 Å². The van der Waals surface area contributed by atoms with Gasteiger partial charge in [-0.05, 0) is 25.1 Å². The van der Waals surface area contributed by atoms with E-state index in [1.54, 1.807) is 6.92 Å². The molecular formula is C11H14N2O3S2. The van der Waals surface area contributed by atoms with Gasteiger partial charge in [-0.2, -0.15) is 5.26 Å². The molecule has 2 unspecified atom stereocenters. The molecule has 0 heterocycles. The van der Waals surface area contributed by atoms with Gasteiger partial charge in [0.25, 0.3) is 0 Å². The molecule has 0 fully saturated rings. The molecule has 1 aromatic carbocycles. The zero-order valence-corrected chi connectivity index (χ0v) is 11.7. The van der Waals surface area contributed by atoms with E-state index in [2.05, 4.69) is 4.72 Å². The molecule has 1 rings (SSSR count). The van der Waals surface area contributed by atoms with E-state index in [9.17, 15) is 12.6 Å². The van der Waals surface area contributed by atoms with Crippen molar-refractivity contribution in [1.29, 1.82) is 5.26 Å². The van der Waals surface area contributed by atoms with E-state index in [4.69, 9.17) is 5.26 Å². The smallest absolute Gasteiger partial charge is 0.240 e. The molecule has 0 aromatic heterocycles. The molecule has 5 nitrogen and oxygen atoms in total. The maximum Gasteiger partial charge on any atom is 0.240 e. The van der Waals surface area contributed by atoms with E-state index in [1.807, 2.05) is 6.07 Å². The average molecular weight is 286 g/mol. The molecule has 0 aliphatic heterocycles. The van der Waals surface area contributed by atoms with Crippen molar-refractivity contribution in [3.05, 3.63) is 29.8 Å². The van der Waals surface area contributed by atoms with Gasteiger partial charge in [0.15, 0.2) is 0 Å². The van der Waals surface area contributed by atoms with Crippen LogP contribution in [0.3, 0.4) is 0 Å². The molecule has 0 bridgehead atoms. The molecule has 0 saturated heterocycles. The SMILES string of the molecule is CC(CNS(=O)(=O)c1cccc(C#N)c1)S(C)=O. The number of nitriles is 1. The van der Waals surface area contributed by atoms with Gasteiger partial charge >= 0.3 is 0 Å². The number of hydrogen-bond donors (Lipinski definition) is 1. The highest BCUT2D eigenvalue weighted by Crippen LogP contribution is 2.10. The molecule has 1 aromatic rings. The van der Waals surface area contributed by atoms with Gasteiger partial charge < -0.3 is 0 Å². The van der Waals surface area contributed by atoms with Crippen LogP contribution in [-0.4, -0.2) is 30.7 Å². The Morgan fingerprint density at radius 1 is 1.50 bits per heavy atom. The monoisotopic (exact) mass is 286 g/mol. The summed E-state index contributed by atoms with van der Waals surface area (Å²) in [4.78, 5) is 0.0376. The molecule has 18 heavy (non-hydrogen) atoms. The van der Waals surface area contributed by atoms with Crippen LogP contribution < -0.4 is 4.72 Å². The number of rotatable bonds is 5. The first-order valence-corrected chi connectivity index (χ1v) is 8.29. The summed E-state index contributed by atoms with van der Waals surface area (Å²) in [5.74, 6) is 0. The van der Waals surface area contributed by atoms with Crippen molar-refractivity contribution < 1.29 is 12.6 Å². The van der Waals surface area contributed by atoms with Crippen LogP contribution in [0.2, 0.25) is 0 Å². The third-order valence-electron chi connectivity index (χ3n) is 2.40. The second-order valence-corrected chi connectivity index (χ2v) is 7.37. The fourth-order valence-electron chi connectivity index (χ4n) is 1.16. The van der Waals surface area contributed by atoms with Crippen molar-refractivity contribution in [2.45, 2.75) is 17.1 Å². The van der Waals surface area contributed by atoms with E-state index in [0.717, 1.165) is 0 Å². The lowest BCUT2D eigenvalue weighted by Crippen LogP contribution is -2.32. The third-order valence-corrected chi connectivity index (χ3v) is 5.12. The van der Waals surface area contributed by atoms with Crippen LogP contribution in [0, 0.1) is 11.3 Å². The number of nitrogens with zero attached hydrogens (tertiary/aromatic N) is 1. The molecule has 0 saturated carbocycles. The maximum absolute atomic E-state index is 11.9. The summed E-state index contributed by atoms with van der Waals surface area (Å²) in [6, 6.07) is 7.64.